The second-order valence-electron chi connectivity index (χ2n) is 6.58. The van der Waals surface area contributed by atoms with Crippen molar-refractivity contribution in [2.75, 3.05) is 32.9 Å². The number of ether oxygens (including phenoxy) is 1. The molecule has 2 N–H and O–H groups in total. The van der Waals surface area contributed by atoms with Crippen molar-refractivity contribution < 1.29 is 14.6 Å². The maximum atomic E-state index is 12.9. The van der Waals surface area contributed by atoms with Crippen LogP contribution in [0.15, 0.2) is 47.3 Å². The van der Waals surface area contributed by atoms with Gasteiger partial charge in [-0.2, -0.15) is 0 Å². The fourth-order valence-corrected chi connectivity index (χ4v) is 3.20. The molecule has 2 aromatic heterocycles. The summed E-state index contributed by atoms with van der Waals surface area (Å²) in [7, 11) is 0. The molecule has 1 atom stereocenters. The molecule has 0 bridgehead atoms. The second kappa shape index (κ2) is 7.34. The van der Waals surface area contributed by atoms with Crippen molar-refractivity contribution in [1.29, 1.82) is 0 Å². The molecule has 27 heavy (non-hydrogen) atoms. The van der Waals surface area contributed by atoms with E-state index in [1.54, 1.807) is 11.0 Å². The third-order valence-corrected chi connectivity index (χ3v) is 4.63. The van der Waals surface area contributed by atoms with Crippen LogP contribution < -0.4 is 5.56 Å². The van der Waals surface area contributed by atoms with Gasteiger partial charge in [0.2, 0.25) is 0 Å². The Morgan fingerprint density at radius 2 is 2.11 bits per heavy atom. The fourth-order valence-electron chi connectivity index (χ4n) is 3.20. The maximum Gasteiger partial charge on any atom is 0.273 e. The Kier molecular flexibility index (Phi) is 4.74. The second-order valence-corrected chi connectivity index (χ2v) is 6.58. The largest absolute Gasteiger partial charge is 0.396 e. The van der Waals surface area contributed by atoms with Crippen molar-refractivity contribution in [3.63, 3.8) is 0 Å². The summed E-state index contributed by atoms with van der Waals surface area (Å²) in [6, 6.07) is 12.4. The van der Waals surface area contributed by atoms with Gasteiger partial charge in [-0.15, -0.1) is 0 Å². The van der Waals surface area contributed by atoms with Crippen LogP contribution >= 0.6 is 0 Å². The van der Waals surface area contributed by atoms with E-state index in [0.717, 1.165) is 5.56 Å². The van der Waals surface area contributed by atoms with Crippen LogP contribution in [0.2, 0.25) is 0 Å². The molecular weight excluding hydrogens is 348 g/mol. The Balaban J connectivity index is 1.68. The first-order valence-electron chi connectivity index (χ1n) is 8.82. The average molecular weight is 368 g/mol. The molecule has 1 aliphatic heterocycles. The number of aromatic nitrogens is 3. The minimum Gasteiger partial charge on any atom is -0.396 e. The monoisotopic (exact) mass is 368 g/mol. The van der Waals surface area contributed by atoms with Gasteiger partial charge in [-0.1, -0.05) is 30.3 Å². The van der Waals surface area contributed by atoms with Crippen molar-refractivity contribution in [1.82, 2.24) is 19.5 Å². The normalized spacial score (nSPS) is 17.8. The van der Waals surface area contributed by atoms with E-state index in [1.807, 2.05) is 30.3 Å². The molecule has 1 saturated heterocycles. The molecule has 1 fully saturated rings. The van der Waals surface area contributed by atoms with Gasteiger partial charge in [-0.05, 0) is 0 Å². The summed E-state index contributed by atoms with van der Waals surface area (Å²) in [4.78, 5) is 31.4. The highest BCUT2D eigenvalue weighted by Gasteiger charge is 2.24. The molecule has 0 radical (unpaired) electrons. The number of hydrogen-bond donors (Lipinski definition) is 2. The number of hydrogen-bond acceptors (Lipinski definition) is 5. The SMILES string of the molecule is O=C(c1cc2nc(-c3ccccc3)cc(=O)n2[nH]1)N1CCOCC(CO)C1. The number of carbonyl (C=O) groups is 1. The van der Waals surface area contributed by atoms with Gasteiger partial charge in [0.15, 0.2) is 5.65 Å². The molecule has 140 valence electrons. The van der Waals surface area contributed by atoms with Gasteiger partial charge in [0.25, 0.3) is 11.5 Å². The Morgan fingerprint density at radius 1 is 1.30 bits per heavy atom. The van der Waals surface area contributed by atoms with Crippen molar-refractivity contribution in [2.24, 2.45) is 5.92 Å². The molecule has 1 aromatic carbocycles. The molecule has 3 aromatic rings. The molecule has 0 spiro atoms. The lowest BCUT2D eigenvalue weighted by atomic mass is 10.1. The third kappa shape index (κ3) is 3.49. The van der Waals surface area contributed by atoms with Gasteiger partial charge in [0.05, 0.1) is 18.9 Å². The molecule has 8 nitrogen and oxygen atoms in total. The van der Waals surface area contributed by atoms with Crippen LogP contribution in [0.4, 0.5) is 0 Å². The highest BCUT2D eigenvalue weighted by atomic mass is 16.5. The predicted octanol–water partition coefficient (Wildman–Crippen LogP) is 0.770. The molecule has 8 heteroatoms. The van der Waals surface area contributed by atoms with Crippen LogP contribution in [0.1, 0.15) is 10.5 Å². The summed E-state index contributed by atoms with van der Waals surface area (Å²) in [5, 5.41) is 12.2. The lowest BCUT2D eigenvalue weighted by molar-refractivity contribution is 0.0722. The molecule has 1 unspecified atom stereocenters. The summed E-state index contributed by atoms with van der Waals surface area (Å²) in [5.41, 5.74) is 1.77. The van der Waals surface area contributed by atoms with Crippen LogP contribution in [-0.2, 0) is 4.74 Å². The summed E-state index contributed by atoms with van der Waals surface area (Å²) in [6.07, 6.45) is 0. The van der Waals surface area contributed by atoms with Gasteiger partial charge in [-0.25, -0.2) is 9.50 Å². The highest BCUT2D eigenvalue weighted by molar-refractivity contribution is 5.93. The zero-order valence-corrected chi connectivity index (χ0v) is 14.7. The van der Waals surface area contributed by atoms with Gasteiger partial charge in [0, 0.05) is 43.3 Å². The summed E-state index contributed by atoms with van der Waals surface area (Å²) >= 11 is 0. The molecular formula is C19H20N4O4. The number of aliphatic hydroxyl groups is 1. The number of benzene rings is 1. The first-order valence-corrected chi connectivity index (χ1v) is 8.82. The number of nitrogens with one attached hydrogen (secondary N) is 1. The topological polar surface area (TPSA) is 99.9 Å². The third-order valence-electron chi connectivity index (χ3n) is 4.63. The molecule has 1 amide bonds. The summed E-state index contributed by atoms with van der Waals surface area (Å²) < 4.78 is 6.69. The Hall–Kier alpha value is -2.97. The van der Waals surface area contributed by atoms with E-state index in [1.165, 1.54) is 10.6 Å². The van der Waals surface area contributed by atoms with Gasteiger partial charge in [0.1, 0.15) is 5.69 Å². The van der Waals surface area contributed by atoms with E-state index < -0.39 is 0 Å². The number of fused-ring (bicyclic) bond motifs is 1. The minimum atomic E-state index is -0.287. The average Bonchev–Trinajstić information content (AvgIpc) is 2.99. The van der Waals surface area contributed by atoms with Gasteiger partial charge < -0.3 is 14.7 Å². The van der Waals surface area contributed by atoms with Crippen molar-refractivity contribution in [3.8, 4) is 11.3 Å². The number of nitrogens with zero attached hydrogens (tertiary/aromatic N) is 3. The van der Waals surface area contributed by atoms with Crippen LogP contribution in [0.3, 0.4) is 0 Å². The predicted molar refractivity (Wildman–Crippen MR) is 98.5 cm³/mol. The number of rotatable bonds is 3. The zero-order chi connectivity index (χ0) is 18.8. The van der Waals surface area contributed by atoms with Crippen molar-refractivity contribution in [3.05, 3.63) is 58.5 Å². The molecule has 3 heterocycles. The van der Waals surface area contributed by atoms with Crippen LogP contribution in [-0.4, -0.2) is 63.4 Å². The number of aromatic amines is 1. The number of aliphatic hydroxyl groups excluding tert-OH is 1. The standard InChI is InChI=1S/C19H20N4O4/c24-11-13-10-22(6-7-27-12-13)19(26)16-8-17-20-15(9-18(25)23(17)21-16)14-4-2-1-3-5-14/h1-5,8-9,13,21,24H,6-7,10-12H2. The van der Waals surface area contributed by atoms with E-state index in [0.29, 0.717) is 37.6 Å². The van der Waals surface area contributed by atoms with Crippen molar-refractivity contribution in [2.45, 2.75) is 0 Å². The summed E-state index contributed by atoms with van der Waals surface area (Å²) in [6.45, 7) is 1.63. The number of carbonyl (C=O) groups excluding carboxylic acids is 1. The van der Waals surface area contributed by atoms with Crippen molar-refractivity contribution >= 4 is 11.6 Å². The van der Waals surface area contributed by atoms with E-state index in [4.69, 9.17) is 4.74 Å². The lowest BCUT2D eigenvalue weighted by Crippen LogP contribution is -2.37. The summed E-state index contributed by atoms with van der Waals surface area (Å²) in [5.74, 6) is -0.364. The minimum absolute atomic E-state index is 0.0437. The Labute approximate surface area is 155 Å². The first-order chi connectivity index (χ1) is 13.2. The molecule has 1 aliphatic rings. The number of H-pyrrole nitrogens is 1. The zero-order valence-electron chi connectivity index (χ0n) is 14.7. The van der Waals surface area contributed by atoms with Gasteiger partial charge >= 0.3 is 0 Å². The number of amides is 1. The maximum absolute atomic E-state index is 12.9. The van der Waals surface area contributed by atoms with E-state index in [9.17, 15) is 14.7 Å². The van der Waals surface area contributed by atoms with E-state index >= 15 is 0 Å². The Bertz CT molecular complexity index is 1010. The van der Waals surface area contributed by atoms with E-state index in [2.05, 4.69) is 10.1 Å². The van der Waals surface area contributed by atoms with E-state index in [-0.39, 0.29) is 29.7 Å². The van der Waals surface area contributed by atoms with Crippen LogP contribution in [0.5, 0.6) is 0 Å². The van der Waals surface area contributed by atoms with Crippen LogP contribution in [0.25, 0.3) is 16.9 Å². The fraction of sp³-hybridized carbons (Fsp3) is 0.316. The molecule has 0 aliphatic carbocycles. The van der Waals surface area contributed by atoms with Crippen LogP contribution in [0, 0.1) is 5.92 Å². The first kappa shape index (κ1) is 17.4. The molecule has 4 rings (SSSR count). The lowest BCUT2D eigenvalue weighted by Gasteiger charge is -2.21. The smallest absolute Gasteiger partial charge is 0.273 e. The van der Waals surface area contributed by atoms with Gasteiger partial charge in [-0.3, -0.25) is 14.7 Å². The highest BCUT2D eigenvalue weighted by Crippen LogP contribution is 2.17. The Morgan fingerprint density at radius 3 is 2.89 bits per heavy atom. The quantitative estimate of drug-likeness (QED) is 0.711. The molecule has 0 saturated carbocycles.